The Morgan fingerprint density at radius 3 is 2.36 bits per heavy atom. The molecule has 1 aliphatic carbocycles. The van der Waals surface area contributed by atoms with Gasteiger partial charge in [0.15, 0.2) is 0 Å². The number of anilines is 2. The first kappa shape index (κ1) is 24.3. The van der Waals surface area contributed by atoms with Gasteiger partial charge in [0.1, 0.15) is 0 Å². The van der Waals surface area contributed by atoms with Crippen LogP contribution in [-0.4, -0.2) is 11.1 Å². The van der Waals surface area contributed by atoms with Crippen LogP contribution in [0.4, 0.5) is 16.2 Å². The highest BCUT2D eigenvalue weighted by atomic mass is 32.1. The minimum atomic E-state index is -0.346. The molecule has 0 atom stereocenters. The summed E-state index contributed by atoms with van der Waals surface area (Å²) in [7, 11) is 0. The highest BCUT2D eigenvalue weighted by molar-refractivity contribution is 7.97. The lowest BCUT2D eigenvalue weighted by atomic mass is 9.85. The Morgan fingerprint density at radius 1 is 0.972 bits per heavy atom. The molecule has 3 aromatic carbocycles. The van der Waals surface area contributed by atoms with E-state index in [1.54, 1.807) is 16.2 Å². The van der Waals surface area contributed by atoms with E-state index in [2.05, 4.69) is 48.3 Å². The summed E-state index contributed by atoms with van der Waals surface area (Å²) in [6, 6.07) is 25.8. The number of nitrogens with one attached hydrogen (secondary N) is 1. The van der Waals surface area contributed by atoms with Crippen molar-refractivity contribution >= 4 is 62.6 Å². The quantitative estimate of drug-likeness (QED) is 0.237. The van der Waals surface area contributed by atoms with Crippen LogP contribution in [0.2, 0.25) is 0 Å². The molecule has 1 aliphatic rings. The molecule has 1 N–H and O–H groups in total. The van der Waals surface area contributed by atoms with Gasteiger partial charge in [-0.05, 0) is 59.7 Å². The van der Waals surface area contributed by atoms with Crippen LogP contribution in [0.5, 0.6) is 0 Å². The zero-order valence-corrected chi connectivity index (χ0v) is 21.6. The molecular weight excluding hydrogens is 484 g/mol. The van der Waals surface area contributed by atoms with E-state index in [9.17, 15) is 9.59 Å². The second-order valence-electron chi connectivity index (χ2n) is 9.00. The standard InChI is InChI=1S/C30H28N2O2S2/c33-29(22-12-8-13-22)31-20-26-25-19-24(32(30(34)35)23-14-5-2-6-15-23)17-18-28(25)36-27(26)16-7-11-21-9-3-1-4-10-21/h1-7,9-11,14-15,17-19,22H,8,12-13,16,20H2,(H,31,33)(H,34,35). The molecule has 1 saturated carbocycles. The molecule has 0 saturated heterocycles. The van der Waals surface area contributed by atoms with Crippen LogP contribution in [0.15, 0.2) is 84.9 Å². The van der Waals surface area contributed by atoms with E-state index < -0.39 is 0 Å². The van der Waals surface area contributed by atoms with Gasteiger partial charge in [-0.1, -0.05) is 79.7 Å². The van der Waals surface area contributed by atoms with Gasteiger partial charge in [-0.25, -0.2) is 0 Å². The van der Waals surface area contributed by atoms with Crippen LogP contribution < -0.4 is 10.2 Å². The highest BCUT2D eigenvalue weighted by Crippen LogP contribution is 2.37. The number of amides is 2. The molecule has 0 bridgehead atoms. The van der Waals surface area contributed by atoms with Crippen molar-refractivity contribution in [1.29, 1.82) is 0 Å². The molecule has 0 unspecified atom stereocenters. The van der Waals surface area contributed by atoms with Gasteiger partial charge < -0.3 is 5.32 Å². The summed E-state index contributed by atoms with van der Waals surface area (Å²) in [6.45, 7) is 0.480. The number of carbonyl (C=O) groups is 2. The van der Waals surface area contributed by atoms with Crippen molar-refractivity contribution in [3.63, 3.8) is 0 Å². The van der Waals surface area contributed by atoms with E-state index in [1.807, 2.05) is 60.7 Å². The van der Waals surface area contributed by atoms with Crippen LogP contribution in [0.1, 0.15) is 35.3 Å². The average molecular weight is 513 g/mol. The molecule has 5 rings (SSSR count). The van der Waals surface area contributed by atoms with Crippen molar-refractivity contribution in [2.75, 3.05) is 4.90 Å². The number of fused-ring (bicyclic) bond motifs is 1. The van der Waals surface area contributed by atoms with Gasteiger partial charge in [0.05, 0.1) is 5.69 Å². The summed E-state index contributed by atoms with van der Waals surface area (Å²) in [5, 5.41) is 3.89. The maximum Gasteiger partial charge on any atom is 0.287 e. The van der Waals surface area contributed by atoms with Crippen molar-refractivity contribution < 1.29 is 9.59 Å². The number of thiophene rings is 1. The first-order chi connectivity index (χ1) is 17.6. The van der Waals surface area contributed by atoms with E-state index in [0.29, 0.717) is 6.54 Å². The molecule has 2 amide bonds. The van der Waals surface area contributed by atoms with Crippen molar-refractivity contribution in [2.24, 2.45) is 5.92 Å². The predicted molar refractivity (Wildman–Crippen MR) is 153 cm³/mol. The maximum absolute atomic E-state index is 12.6. The fourth-order valence-corrected chi connectivity index (χ4v) is 5.90. The van der Waals surface area contributed by atoms with E-state index in [1.165, 1.54) is 4.88 Å². The fourth-order valence-electron chi connectivity index (χ4n) is 4.49. The van der Waals surface area contributed by atoms with Gasteiger partial charge in [-0.2, -0.15) is 0 Å². The molecule has 6 heteroatoms. The van der Waals surface area contributed by atoms with Crippen molar-refractivity contribution in [3.05, 3.63) is 101 Å². The van der Waals surface area contributed by atoms with Gasteiger partial charge in [-0.3, -0.25) is 14.5 Å². The molecule has 0 aliphatic heterocycles. The number of benzene rings is 3. The Hall–Kier alpha value is -3.35. The van der Waals surface area contributed by atoms with Crippen molar-refractivity contribution in [1.82, 2.24) is 5.32 Å². The predicted octanol–water partition coefficient (Wildman–Crippen LogP) is 7.76. The number of hydrogen-bond acceptors (Lipinski definition) is 3. The number of carbonyl (C=O) groups excluding carboxylic acids is 2. The molecule has 1 aromatic heterocycles. The molecular formula is C30H28N2O2S2. The summed E-state index contributed by atoms with van der Waals surface area (Å²) in [5.41, 5.74) is 3.79. The SMILES string of the molecule is O=C(NCc1c(CC=Cc2ccccc2)sc2ccc(N(C(=O)S)c3ccccc3)cc12)C1CCC1. The molecule has 182 valence electrons. The fraction of sp³-hybridized carbons (Fsp3) is 0.200. The minimum absolute atomic E-state index is 0.138. The molecule has 0 radical (unpaired) electrons. The molecule has 1 fully saturated rings. The molecule has 36 heavy (non-hydrogen) atoms. The Balaban J connectivity index is 1.49. The van der Waals surface area contributed by atoms with Crippen LogP contribution in [0.25, 0.3) is 16.2 Å². The zero-order valence-electron chi connectivity index (χ0n) is 19.9. The maximum atomic E-state index is 12.6. The largest absolute Gasteiger partial charge is 0.352 e. The first-order valence-electron chi connectivity index (χ1n) is 12.2. The van der Waals surface area contributed by atoms with Gasteiger partial charge in [0, 0.05) is 34.1 Å². The first-order valence-corrected chi connectivity index (χ1v) is 13.5. The second-order valence-corrected chi connectivity index (χ2v) is 10.5. The summed E-state index contributed by atoms with van der Waals surface area (Å²) in [4.78, 5) is 28.0. The monoisotopic (exact) mass is 512 g/mol. The van der Waals surface area contributed by atoms with Crippen LogP contribution in [0, 0.1) is 5.92 Å². The molecule has 4 nitrogen and oxygen atoms in total. The Bertz CT molecular complexity index is 1390. The number of rotatable bonds is 8. The minimum Gasteiger partial charge on any atom is -0.352 e. The Labute approximate surface area is 221 Å². The van der Waals surface area contributed by atoms with E-state index >= 15 is 0 Å². The number of nitrogens with zero attached hydrogens (tertiary/aromatic N) is 1. The van der Waals surface area contributed by atoms with E-state index in [-0.39, 0.29) is 17.1 Å². The zero-order chi connectivity index (χ0) is 24.9. The van der Waals surface area contributed by atoms with E-state index in [0.717, 1.165) is 58.3 Å². The number of para-hydroxylation sites is 1. The average Bonchev–Trinajstić information content (AvgIpc) is 3.19. The second kappa shape index (κ2) is 11.1. The third-order valence-corrected chi connectivity index (χ3v) is 8.09. The third kappa shape index (κ3) is 5.40. The lowest BCUT2D eigenvalue weighted by molar-refractivity contribution is -0.127. The molecule has 0 spiro atoms. The summed E-state index contributed by atoms with van der Waals surface area (Å²) in [6.07, 6.45) is 8.15. The lowest BCUT2D eigenvalue weighted by Crippen LogP contribution is -2.34. The molecule has 4 aromatic rings. The number of hydrogen-bond donors (Lipinski definition) is 2. The number of allylic oxidation sites excluding steroid dienone is 1. The summed E-state index contributed by atoms with van der Waals surface area (Å²) in [5.74, 6) is 0.279. The lowest BCUT2D eigenvalue weighted by Gasteiger charge is -2.24. The smallest absolute Gasteiger partial charge is 0.287 e. The highest BCUT2D eigenvalue weighted by Gasteiger charge is 2.25. The molecule has 1 heterocycles. The Kier molecular flexibility index (Phi) is 7.54. The van der Waals surface area contributed by atoms with E-state index in [4.69, 9.17) is 0 Å². The van der Waals surface area contributed by atoms with Gasteiger partial charge >= 0.3 is 0 Å². The van der Waals surface area contributed by atoms with Crippen molar-refractivity contribution in [2.45, 2.75) is 32.2 Å². The van der Waals surface area contributed by atoms with Crippen LogP contribution in [-0.2, 0) is 17.8 Å². The van der Waals surface area contributed by atoms with Crippen molar-refractivity contribution in [3.8, 4) is 0 Å². The number of thiol groups is 1. The van der Waals surface area contributed by atoms with Gasteiger partial charge in [0.2, 0.25) is 5.91 Å². The normalized spacial score (nSPS) is 13.6. The third-order valence-electron chi connectivity index (χ3n) is 6.65. The summed E-state index contributed by atoms with van der Waals surface area (Å²) < 4.78 is 1.13. The van der Waals surface area contributed by atoms with Crippen LogP contribution >= 0.6 is 24.0 Å². The van der Waals surface area contributed by atoms with Gasteiger partial charge in [-0.15, -0.1) is 11.3 Å². The summed E-state index contributed by atoms with van der Waals surface area (Å²) >= 11 is 5.89. The topological polar surface area (TPSA) is 49.4 Å². The van der Waals surface area contributed by atoms with Gasteiger partial charge in [0.25, 0.3) is 5.24 Å². The Morgan fingerprint density at radius 2 is 1.69 bits per heavy atom. The van der Waals surface area contributed by atoms with Crippen LogP contribution in [0.3, 0.4) is 0 Å².